The van der Waals surface area contributed by atoms with Crippen LogP contribution in [0.5, 0.6) is 0 Å². The number of nitrogens with zero attached hydrogens (tertiary/aromatic N) is 3. The Morgan fingerprint density at radius 3 is 2.25 bits per heavy atom. The van der Waals surface area contributed by atoms with Crippen molar-refractivity contribution in [2.45, 2.75) is 0 Å². The van der Waals surface area contributed by atoms with Crippen molar-refractivity contribution < 1.29 is 0 Å². The summed E-state index contributed by atoms with van der Waals surface area (Å²) in [5.41, 5.74) is 1.55. The molecule has 0 aliphatic carbocycles. The summed E-state index contributed by atoms with van der Waals surface area (Å²) in [6, 6.07) is 11.5. The van der Waals surface area contributed by atoms with Crippen molar-refractivity contribution in [3.05, 3.63) is 59.7 Å². The predicted molar refractivity (Wildman–Crippen MR) is 59.2 cm³/mol. The van der Waals surface area contributed by atoms with E-state index >= 15 is 0 Å². The van der Waals surface area contributed by atoms with Gasteiger partial charge < -0.3 is 0 Å². The fraction of sp³-hybridized carbons (Fsp3) is 0. The van der Waals surface area contributed by atoms with E-state index in [2.05, 4.69) is 21.8 Å². The van der Waals surface area contributed by atoms with Crippen molar-refractivity contribution in [2.75, 3.05) is 0 Å². The highest BCUT2D eigenvalue weighted by Gasteiger charge is 1.98. The van der Waals surface area contributed by atoms with Gasteiger partial charge in [-0.05, 0) is 18.1 Å². The van der Waals surface area contributed by atoms with Gasteiger partial charge in [0.15, 0.2) is 5.69 Å². The van der Waals surface area contributed by atoms with Gasteiger partial charge in [0.2, 0.25) is 0 Å². The highest BCUT2D eigenvalue weighted by Crippen LogP contribution is 1.99. The average molecular weight is 205 g/mol. The van der Waals surface area contributed by atoms with Crippen LogP contribution in [-0.2, 0) is 0 Å². The van der Waals surface area contributed by atoms with Crippen LogP contribution in [0.4, 0.5) is 0 Å². The van der Waals surface area contributed by atoms with E-state index in [1.54, 1.807) is 0 Å². The Morgan fingerprint density at radius 1 is 0.875 bits per heavy atom. The standard InChI is InChI=1S/C13H7N3/c14-10-13-12(15-8-9-16-13)7-6-11-4-2-1-3-5-11/h1-5,8-9H. The maximum Gasteiger partial charge on any atom is 0.174 e. The van der Waals surface area contributed by atoms with Crippen molar-refractivity contribution >= 4 is 0 Å². The van der Waals surface area contributed by atoms with Crippen LogP contribution in [0.1, 0.15) is 17.0 Å². The van der Waals surface area contributed by atoms with E-state index in [-0.39, 0.29) is 5.69 Å². The number of aromatic nitrogens is 2. The van der Waals surface area contributed by atoms with E-state index in [9.17, 15) is 0 Å². The first-order chi connectivity index (χ1) is 7.90. The Hall–Kier alpha value is -2.65. The maximum absolute atomic E-state index is 8.80. The minimum Gasteiger partial charge on any atom is -0.243 e. The molecule has 3 heteroatoms. The van der Waals surface area contributed by atoms with E-state index in [0.29, 0.717) is 5.69 Å². The summed E-state index contributed by atoms with van der Waals surface area (Å²) in [5.74, 6) is 5.77. The van der Waals surface area contributed by atoms with Gasteiger partial charge in [-0.15, -0.1) is 0 Å². The van der Waals surface area contributed by atoms with E-state index in [0.717, 1.165) is 5.56 Å². The van der Waals surface area contributed by atoms with Gasteiger partial charge >= 0.3 is 0 Å². The molecular formula is C13H7N3. The highest BCUT2D eigenvalue weighted by molar-refractivity contribution is 5.44. The Kier molecular flexibility index (Phi) is 2.92. The summed E-state index contributed by atoms with van der Waals surface area (Å²) in [6.45, 7) is 0. The van der Waals surface area contributed by atoms with Gasteiger partial charge in [0.05, 0.1) is 0 Å². The maximum atomic E-state index is 8.80. The van der Waals surface area contributed by atoms with Gasteiger partial charge in [-0.1, -0.05) is 24.1 Å². The molecule has 0 aliphatic heterocycles. The second-order valence-corrected chi connectivity index (χ2v) is 2.98. The molecule has 1 heterocycles. The molecule has 0 saturated carbocycles. The molecule has 0 spiro atoms. The summed E-state index contributed by atoms with van der Waals surface area (Å²) < 4.78 is 0. The second-order valence-electron chi connectivity index (χ2n) is 2.98. The van der Waals surface area contributed by atoms with Gasteiger partial charge in [0.1, 0.15) is 11.8 Å². The van der Waals surface area contributed by atoms with Crippen molar-refractivity contribution in [1.82, 2.24) is 9.97 Å². The summed E-state index contributed by atoms with van der Waals surface area (Å²) in [4.78, 5) is 7.89. The van der Waals surface area contributed by atoms with Gasteiger partial charge in [-0.2, -0.15) is 5.26 Å². The summed E-state index contributed by atoms with van der Waals surface area (Å²) in [7, 11) is 0. The molecule has 0 bridgehead atoms. The predicted octanol–water partition coefficient (Wildman–Crippen LogP) is 1.75. The number of nitriles is 1. The van der Waals surface area contributed by atoms with Crippen LogP contribution in [0, 0.1) is 23.2 Å². The molecule has 1 aromatic carbocycles. The van der Waals surface area contributed by atoms with Crippen molar-refractivity contribution in [3.63, 3.8) is 0 Å². The number of rotatable bonds is 0. The second kappa shape index (κ2) is 4.72. The SMILES string of the molecule is N#Cc1nccnc1C#Cc1ccccc1. The lowest BCUT2D eigenvalue weighted by molar-refractivity contribution is 1.14. The molecular weight excluding hydrogens is 198 g/mol. The highest BCUT2D eigenvalue weighted by atomic mass is 14.8. The number of benzene rings is 1. The average Bonchev–Trinajstić information content (AvgIpc) is 2.38. The molecule has 0 radical (unpaired) electrons. The number of hydrogen-bond acceptors (Lipinski definition) is 3. The molecule has 0 unspecified atom stereocenters. The normalized spacial score (nSPS) is 8.69. The van der Waals surface area contributed by atoms with Crippen LogP contribution in [0.15, 0.2) is 42.7 Å². The molecule has 0 amide bonds. The zero-order valence-electron chi connectivity index (χ0n) is 8.38. The van der Waals surface area contributed by atoms with Crippen LogP contribution in [0.25, 0.3) is 0 Å². The quantitative estimate of drug-likeness (QED) is 0.615. The van der Waals surface area contributed by atoms with E-state index < -0.39 is 0 Å². The first-order valence-electron chi connectivity index (χ1n) is 4.68. The number of hydrogen-bond donors (Lipinski definition) is 0. The van der Waals surface area contributed by atoms with E-state index in [1.807, 2.05) is 36.4 Å². The first kappa shape index (κ1) is 9.89. The molecule has 16 heavy (non-hydrogen) atoms. The summed E-state index contributed by atoms with van der Waals surface area (Å²) >= 11 is 0. The molecule has 3 nitrogen and oxygen atoms in total. The van der Waals surface area contributed by atoms with Crippen LogP contribution in [0.2, 0.25) is 0 Å². The van der Waals surface area contributed by atoms with Gasteiger partial charge in [0, 0.05) is 18.0 Å². The summed E-state index contributed by atoms with van der Waals surface area (Å²) in [5, 5.41) is 8.80. The van der Waals surface area contributed by atoms with Crippen molar-refractivity contribution in [1.29, 1.82) is 5.26 Å². The molecule has 0 fully saturated rings. The van der Waals surface area contributed by atoms with E-state index in [4.69, 9.17) is 5.26 Å². The van der Waals surface area contributed by atoms with E-state index in [1.165, 1.54) is 12.4 Å². The molecule has 0 atom stereocenters. The Morgan fingerprint density at radius 2 is 1.56 bits per heavy atom. The Labute approximate surface area is 93.4 Å². The Bertz CT molecular complexity index is 586. The zero-order valence-corrected chi connectivity index (χ0v) is 8.38. The lowest BCUT2D eigenvalue weighted by Crippen LogP contribution is -1.91. The topological polar surface area (TPSA) is 49.6 Å². The van der Waals surface area contributed by atoms with Crippen molar-refractivity contribution in [2.24, 2.45) is 0 Å². The van der Waals surface area contributed by atoms with Crippen molar-refractivity contribution in [3.8, 4) is 17.9 Å². The smallest absolute Gasteiger partial charge is 0.174 e. The first-order valence-corrected chi connectivity index (χ1v) is 4.68. The monoisotopic (exact) mass is 205 g/mol. The Balaban J connectivity index is 2.36. The summed E-state index contributed by atoms with van der Waals surface area (Å²) in [6.07, 6.45) is 3.00. The lowest BCUT2D eigenvalue weighted by atomic mass is 10.2. The molecule has 2 aromatic rings. The molecule has 0 saturated heterocycles. The fourth-order valence-electron chi connectivity index (χ4n) is 1.16. The molecule has 0 N–H and O–H groups in total. The minimum absolute atomic E-state index is 0.255. The molecule has 0 aliphatic rings. The third-order valence-corrected chi connectivity index (χ3v) is 1.90. The van der Waals surface area contributed by atoms with Gasteiger partial charge in [-0.25, -0.2) is 9.97 Å². The van der Waals surface area contributed by atoms with Crippen LogP contribution in [-0.4, -0.2) is 9.97 Å². The lowest BCUT2D eigenvalue weighted by Gasteiger charge is -1.91. The van der Waals surface area contributed by atoms with Crippen LogP contribution in [0.3, 0.4) is 0 Å². The zero-order chi connectivity index (χ0) is 11.2. The molecule has 74 valence electrons. The third kappa shape index (κ3) is 2.23. The fourth-order valence-corrected chi connectivity index (χ4v) is 1.16. The van der Waals surface area contributed by atoms with Gasteiger partial charge in [-0.3, -0.25) is 0 Å². The van der Waals surface area contributed by atoms with Gasteiger partial charge in [0.25, 0.3) is 0 Å². The van der Waals surface area contributed by atoms with Crippen LogP contribution >= 0.6 is 0 Å². The van der Waals surface area contributed by atoms with Crippen LogP contribution < -0.4 is 0 Å². The third-order valence-electron chi connectivity index (χ3n) is 1.90. The minimum atomic E-state index is 0.255. The molecule has 1 aromatic heterocycles. The molecule has 2 rings (SSSR count). The largest absolute Gasteiger partial charge is 0.243 e.